The standard InChI is InChI=1S/C5H12N2O5S2/c6-14(10,11)7(13(8)9)4-5-2-1-3-12-5/h5H,1-4H2,(H,8,9)(H2,6,10,11)/p-1. The Hall–Kier alpha value is -0.0600. The molecule has 0 spiro atoms. The molecule has 2 N–H and O–H groups in total. The second-order valence-electron chi connectivity index (χ2n) is 2.88. The number of hydrogen-bond donors (Lipinski definition) is 1. The molecule has 0 radical (unpaired) electrons. The van der Waals surface area contributed by atoms with Gasteiger partial charge in [0.25, 0.3) is 10.2 Å². The number of hydrogen-bond acceptors (Lipinski definition) is 5. The molecule has 2 unspecified atom stereocenters. The van der Waals surface area contributed by atoms with Crippen LogP contribution in [0.5, 0.6) is 0 Å². The minimum absolute atomic E-state index is 0.197. The van der Waals surface area contributed by atoms with Crippen molar-refractivity contribution in [2.45, 2.75) is 18.9 Å². The van der Waals surface area contributed by atoms with E-state index in [4.69, 9.17) is 9.88 Å². The molecule has 9 heteroatoms. The van der Waals surface area contributed by atoms with Crippen molar-refractivity contribution in [1.29, 1.82) is 0 Å². The Morgan fingerprint density at radius 2 is 2.29 bits per heavy atom. The Morgan fingerprint density at radius 1 is 1.64 bits per heavy atom. The first-order valence-corrected chi connectivity index (χ1v) is 6.46. The molecule has 1 heterocycles. The van der Waals surface area contributed by atoms with E-state index in [-0.39, 0.29) is 16.4 Å². The average Bonchev–Trinajstić information content (AvgIpc) is 2.48. The van der Waals surface area contributed by atoms with Gasteiger partial charge in [-0.3, -0.25) is 4.21 Å². The van der Waals surface area contributed by atoms with Crippen LogP contribution in [0.1, 0.15) is 12.8 Å². The van der Waals surface area contributed by atoms with Crippen molar-refractivity contribution >= 4 is 21.5 Å². The van der Waals surface area contributed by atoms with Crippen LogP contribution in [-0.2, 0) is 26.2 Å². The van der Waals surface area contributed by atoms with Crippen LogP contribution in [0.3, 0.4) is 0 Å². The molecule has 2 atom stereocenters. The minimum Gasteiger partial charge on any atom is -0.759 e. The highest BCUT2D eigenvalue weighted by Gasteiger charge is 2.25. The Morgan fingerprint density at radius 3 is 2.64 bits per heavy atom. The van der Waals surface area contributed by atoms with E-state index in [1.54, 1.807) is 0 Å². The normalized spacial score (nSPS) is 25.5. The third kappa shape index (κ3) is 3.26. The maximum atomic E-state index is 10.8. The zero-order chi connectivity index (χ0) is 10.8. The fourth-order valence-corrected chi connectivity index (χ4v) is 2.54. The second-order valence-corrected chi connectivity index (χ2v) is 5.46. The monoisotopic (exact) mass is 243 g/mol. The zero-order valence-corrected chi connectivity index (χ0v) is 8.92. The summed E-state index contributed by atoms with van der Waals surface area (Å²) in [4.78, 5) is 0. The Bertz CT molecular complexity index is 310. The molecule has 1 aliphatic heterocycles. The highest BCUT2D eigenvalue weighted by atomic mass is 32.3. The molecular weight excluding hydrogens is 232 g/mol. The van der Waals surface area contributed by atoms with Crippen LogP contribution in [0.4, 0.5) is 0 Å². The van der Waals surface area contributed by atoms with Crippen LogP contribution < -0.4 is 5.14 Å². The Kier molecular flexibility index (Phi) is 3.98. The topological polar surface area (TPSA) is 113 Å². The van der Waals surface area contributed by atoms with Crippen molar-refractivity contribution in [3.05, 3.63) is 0 Å². The molecule has 0 aromatic carbocycles. The van der Waals surface area contributed by atoms with Crippen molar-refractivity contribution in [2.24, 2.45) is 5.14 Å². The van der Waals surface area contributed by atoms with Crippen molar-refractivity contribution in [3.8, 4) is 0 Å². The highest BCUT2D eigenvalue weighted by Crippen LogP contribution is 2.14. The summed E-state index contributed by atoms with van der Waals surface area (Å²) in [5, 5.41) is 4.71. The van der Waals surface area contributed by atoms with Gasteiger partial charge in [0.1, 0.15) is 0 Å². The van der Waals surface area contributed by atoms with E-state index in [0.717, 1.165) is 6.42 Å². The van der Waals surface area contributed by atoms with Gasteiger partial charge in [0.2, 0.25) is 0 Å². The minimum atomic E-state index is -4.21. The first kappa shape index (κ1) is 12.0. The van der Waals surface area contributed by atoms with Crippen molar-refractivity contribution < 1.29 is 21.9 Å². The number of rotatable bonds is 4. The Labute approximate surface area is 84.8 Å². The lowest BCUT2D eigenvalue weighted by molar-refractivity contribution is 0.104. The van der Waals surface area contributed by atoms with Gasteiger partial charge >= 0.3 is 0 Å². The fourth-order valence-electron chi connectivity index (χ4n) is 1.20. The van der Waals surface area contributed by atoms with Gasteiger partial charge in [-0.25, -0.2) is 5.14 Å². The van der Waals surface area contributed by atoms with E-state index < -0.39 is 21.5 Å². The van der Waals surface area contributed by atoms with Gasteiger partial charge < -0.3 is 9.29 Å². The van der Waals surface area contributed by atoms with Crippen LogP contribution >= 0.6 is 0 Å². The van der Waals surface area contributed by atoms with Gasteiger partial charge in [-0.15, -0.1) is 3.71 Å². The lowest BCUT2D eigenvalue weighted by Crippen LogP contribution is -2.42. The molecule has 0 aliphatic carbocycles. The molecule has 0 aromatic heterocycles. The molecule has 0 bridgehead atoms. The van der Waals surface area contributed by atoms with Gasteiger partial charge in [-0.05, 0) is 12.8 Å². The van der Waals surface area contributed by atoms with E-state index in [0.29, 0.717) is 13.0 Å². The van der Waals surface area contributed by atoms with Crippen LogP contribution in [-0.4, -0.2) is 40.1 Å². The Balaban J connectivity index is 2.65. The molecule has 84 valence electrons. The summed E-state index contributed by atoms with van der Waals surface area (Å²) in [6.45, 7) is 0.281. The summed E-state index contributed by atoms with van der Waals surface area (Å²) in [7, 11) is -4.21. The smallest absolute Gasteiger partial charge is 0.287 e. The van der Waals surface area contributed by atoms with Gasteiger partial charge in [-0.2, -0.15) is 8.42 Å². The van der Waals surface area contributed by atoms with Crippen LogP contribution in [0.15, 0.2) is 0 Å². The molecule has 1 saturated heterocycles. The first-order chi connectivity index (χ1) is 6.41. The SMILES string of the molecule is NS(=O)(=O)N(CC1CCCO1)S(=O)[O-]. The van der Waals surface area contributed by atoms with Gasteiger partial charge in [0, 0.05) is 17.9 Å². The van der Waals surface area contributed by atoms with E-state index in [1.165, 1.54) is 0 Å². The van der Waals surface area contributed by atoms with Crippen molar-refractivity contribution in [1.82, 2.24) is 3.71 Å². The van der Waals surface area contributed by atoms with E-state index >= 15 is 0 Å². The van der Waals surface area contributed by atoms with Crippen LogP contribution in [0.2, 0.25) is 0 Å². The predicted octanol–water partition coefficient (Wildman–Crippen LogP) is -1.53. The van der Waals surface area contributed by atoms with Crippen molar-refractivity contribution in [2.75, 3.05) is 13.2 Å². The summed E-state index contributed by atoms with van der Waals surface area (Å²) in [6, 6.07) is 0. The highest BCUT2D eigenvalue weighted by molar-refractivity contribution is 7.97. The maximum absolute atomic E-state index is 10.8. The summed E-state index contributed by atoms with van der Waals surface area (Å²) >= 11 is -2.88. The summed E-state index contributed by atoms with van der Waals surface area (Å²) in [6.07, 6.45) is 1.06. The summed E-state index contributed by atoms with van der Waals surface area (Å²) in [5.74, 6) is 0. The summed E-state index contributed by atoms with van der Waals surface area (Å²) < 4.78 is 48.0. The lowest BCUT2D eigenvalue weighted by Gasteiger charge is -2.23. The zero-order valence-electron chi connectivity index (χ0n) is 7.29. The fraction of sp³-hybridized carbons (Fsp3) is 1.00. The van der Waals surface area contributed by atoms with E-state index in [2.05, 4.69) is 0 Å². The van der Waals surface area contributed by atoms with Crippen molar-refractivity contribution in [3.63, 3.8) is 0 Å². The molecule has 14 heavy (non-hydrogen) atoms. The first-order valence-electron chi connectivity index (χ1n) is 3.92. The van der Waals surface area contributed by atoms with Gasteiger partial charge in [0.15, 0.2) is 0 Å². The quantitative estimate of drug-likeness (QED) is 0.601. The van der Waals surface area contributed by atoms with Crippen LogP contribution in [0.25, 0.3) is 0 Å². The van der Waals surface area contributed by atoms with E-state index in [9.17, 15) is 17.2 Å². The van der Waals surface area contributed by atoms with Crippen LogP contribution in [0, 0.1) is 0 Å². The molecule has 1 rings (SSSR count). The lowest BCUT2D eigenvalue weighted by atomic mass is 10.2. The third-order valence-corrected chi connectivity index (χ3v) is 4.01. The summed E-state index contributed by atoms with van der Waals surface area (Å²) in [5.41, 5.74) is 0. The largest absolute Gasteiger partial charge is 0.759 e. The average molecular weight is 243 g/mol. The van der Waals surface area contributed by atoms with Gasteiger partial charge in [-0.1, -0.05) is 0 Å². The number of ether oxygens (including phenoxy) is 1. The second kappa shape index (κ2) is 4.64. The number of nitrogens with two attached hydrogens (primary N) is 1. The molecule has 0 amide bonds. The molecular formula is C5H11N2O5S2-. The maximum Gasteiger partial charge on any atom is 0.287 e. The molecule has 1 aliphatic rings. The molecule has 0 saturated carbocycles. The number of nitrogens with zero attached hydrogens (tertiary/aromatic N) is 1. The van der Waals surface area contributed by atoms with E-state index in [1.807, 2.05) is 0 Å². The van der Waals surface area contributed by atoms with Gasteiger partial charge in [0.05, 0.1) is 12.6 Å². The predicted molar refractivity (Wildman–Crippen MR) is 47.7 cm³/mol. The third-order valence-electron chi connectivity index (χ3n) is 1.83. The molecule has 7 nitrogen and oxygen atoms in total. The molecule has 0 aromatic rings. The molecule has 1 fully saturated rings.